The van der Waals surface area contributed by atoms with Crippen LogP contribution in [0.25, 0.3) is 16.7 Å². The van der Waals surface area contributed by atoms with E-state index in [1.165, 1.54) is 6.20 Å². The molecule has 2 aromatic carbocycles. The van der Waals surface area contributed by atoms with E-state index in [4.69, 9.17) is 35.1 Å². The molecule has 1 atom stereocenters. The molecule has 5 heterocycles. The molecule has 4 aromatic rings. The number of nitrogens with two attached hydrogens (primary N) is 1. The number of hydrogen-bond donors (Lipinski definition) is 2. The molecule has 1 spiro atoms. The first-order valence-corrected chi connectivity index (χ1v) is 13.1. The molecule has 3 aliphatic heterocycles. The van der Waals surface area contributed by atoms with E-state index in [1.807, 2.05) is 48.5 Å². The van der Waals surface area contributed by atoms with Crippen LogP contribution in [0.2, 0.25) is 0 Å². The Morgan fingerprint density at radius 2 is 1.70 bits per heavy atom. The normalized spacial score (nSPS) is 18.2. The van der Waals surface area contributed by atoms with E-state index in [0.29, 0.717) is 41.7 Å². The minimum atomic E-state index is -5.08. The number of nitrogens with zero attached hydrogens (tertiary/aromatic N) is 3. The summed E-state index contributed by atoms with van der Waals surface area (Å²) in [5.74, 6) is -1.59. The third-order valence-electron chi connectivity index (χ3n) is 7.33. The highest BCUT2D eigenvalue weighted by molar-refractivity contribution is 6.03. The monoisotopic (exact) mass is 590 g/mol. The zero-order valence-electron chi connectivity index (χ0n) is 22.2. The molecule has 0 bridgehead atoms. The van der Waals surface area contributed by atoms with E-state index in [-0.39, 0.29) is 0 Å². The molecule has 43 heavy (non-hydrogen) atoms. The molecule has 0 saturated heterocycles. The quantitative estimate of drug-likeness (QED) is 0.223. The number of carboxylic acid groups (broad SMARTS) is 1. The highest BCUT2D eigenvalue weighted by Gasteiger charge is 2.49. The minimum Gasteiger partial charge on any atom is -0.475 e. The van der Waals surface area contributed by atoms with Crippen molar-refractivity contribution in [1.82, 2.24) is 9.97 Å². The van der Waals surface area contributed by atoms with Gasteiger partial charge in [-0.25, -0.2) is 14.8 Å². The molecule has 0 saturated carbocycles. The Bertz CT molecular complexity index is 1820. The number of aliphatic carboxylic acids is 1. The molecule has 8 nitrogen and oxygen atoms in total. The lowest BCUT2D eigenvalue weighted by Crippen LogP contribution is -2.30. The van der Waals surface area contributed by atoms with Gasteiger partial charge < -0.3 is 20.3 Å². The molecular formula is C31H22F4N4O4. The van der Waals surface area contributed by atoms with Gasteiger partial charge in [0.15, 0.2) is 5.75 Å². The summed E-state index contributed by atoms with van der Waals surface area (Å²) < 4.78 is 58.2. The molecule has 0 radical (unpaired) electrons. The Kier molecular flexibility index (Phi) is 6.93. The smallest absolute Gasteiger partial charge is 0.475 e. The highest BCUT2D eigenvalue weighted by atomic mass is 19.4. The summed E-state index contributed by atoms with van der Waals surface area (Å²) in [5, 5.41) is 7.12. The number of pyridine rings is 2. The van der Waals surface area contributed by atoms with Crippen molar-refractivity contribution in [3.63, 3.8) is 0 Å². The predicted octanol–water partition coefficient (Wildman–Crippen LogP) is 5.84. The van der Waals surface area contributed by atoms with Gasteiger partial charge in [-0.05, 0) is 53.5 Å². The molecule has 7 rings (SSSR count). The van der Waals surface area contributed by atoms with E-state index < -0.39 is 23.6 Å². The number of hydrogen-bond acceptors (Lipinski definition) is 7. The minimum absolute atomic E-state index is 0.409. The number of carbonyl (C=O) groups is 1. The standard InChI is InChI=1S/C29H21FN4O2.C2HF3O2/c30-27-19(5-3-11-32-27)18-7-8-25-22(14-18)29(21-6-2-1-4-20(21)28(31)34-29)23-15-24(33-16-26(23)36-25)17-9-12-35-13-10-17;3-2(4,5)1(6)7/h1-9,11,14-16H,10,12-13H2,(H2,31,34);(H,6,7). The number of ether oxygens (including phenoxy) is 2. The van der Waals surface area contributed by atoms with Crippen molar-refractivity contribution >= 4 is 17.4 Å². The Balaban J connectivity index is 0.000000423. The van der Waals surface area contributed by atoms with Crippen LogP contribution in [0.4, 0.5) is 17.6 Å². The first-order chi connectivity index (χ1) is 20.6. The zero-order valence-corrected chi connectivity index (χ0v) is 22.2. The van der Waals surface area contributed by atoms with Gasteiger partial charge in [0.05, 0.1) is 25.1 Å². The molecule has 3 aliphatic rings. The second-order valence-corrected chi connectivity index (χ2v) is 9.83. The van der Waals surface area contributed by atoms with Gasteiger partial charge in [0.1, 0.15) is 17.1 Å². The van der Waals surface area contributed by atoms with Crippen LogP contribution >= 0.6 is 0 Å². The Hall–Kier alpha value is -5.10. The van der Waals surface area contributed by atoms with Crippen LogP contribution in [0.3, 0.4) is 0 Å². The molecule has 0 aliphatic carbocycles. The first kappa shape index (κ1) is 28.0. The van der Waals surface area contributed by atoms with Crippen LogP contribution < -0.4 is 10.5 Å². The maximum absolute atomic E-state index is 14.7. The number of rotatable bonds is 2. The number of alkyl halides is 3. The van der Waals surface area contributed by atoms with Gasteiger partial charge in [-0.1, -0.05) is 36.4 Å². The van der Waals surface area contributed by atoms with E-state index >= 15 is 0 Å². The fourth-order valence-corrected chi connectivity index (χ4v) is 5.41. The topological polar surface area (TPSA) is 120 Å². The lowest BCUT2D eigenvalue weighted by Gasteiger charge is -2.36. The summed E-state index contributed by atoms with van der Waals surface area (Å²) in [6, 6.07) is 19.1. The lowest BCUT2D eigenvalue weighted by atomic mass is 9.75. The Morgan fingerprint density at radius 1 is 0.953 bits per heavy atom. The van der Waals surface area contributed by atoms with Gasteiger partial charge in [0.2, 0.25) is 5.95 Å². The maximum Gasteiger partial charge on any atom is 0.490 e. The predicted molar refractivity (Wildman–Crippen MR) is 148 cm³/mol. The maximum atomic E-state index is 14.7. The van der Waals surface area contributed by atoms with Crippen LogP contribution in [0.1, 0.15) is 34.4 Å². The van der Waals surface area contributed by atoms with E-state index in [0.717, 1.165) is 39.9 Å². The number of fused-ring (bicyclic) bond motifs is 6. The molecular weight excluding hydrogens is 568 g/mol. The molecule has 12 heteroatoms. The largest absolute Gasteiger partial charge is 0.490 e. The summed E-state index contributed by atoms with van der Waals surface area (Å²) in [4.78, 5) is 22.5. The molecule has 3 N–H and O–H groups in total. The number of amidine groups is 1. The number of aromatic nitrogens is 2. The van der Waals surface area contributed by atoms with E-state index in [9.17, 15) is 17.6 Å². The van der Waals surface area contributed by atoms with Crippen molar-refractivity contribution in [2.45, 2.75) is 18.1 Å². The summed E-state index contributed by atoms with van der Waals surface area (Å²) in [5.41, 5.74) is 12.1. The fraction of sp³-hybridized carbons (Fsp3) is 0.161. The second-order valence-electron chi connectivity index (χ2n) is 9.83. The second kappa shape index (κ2) is 10.6. The summed E-state index contributed by atoms with van der Waals surface area (Å²) >= 11 is 0. The first-order valence-electron chi connectivity index (χ1n) is 13.1. The molecule has 1 unspecified atom stereocenters. The van der Waals surface area contributed by atoms with Gasteiger partial charge in [0, 0.05) is 28.5 Å². The van der Waals surface area contributed by atoms with Crippen LogP contribution in [-0.4, -0.2) is 46.3 Å². The van der Waals surface area contributed by atoms with Crippen molar-refractivity contribution in [3.8, 4) is 22.6 Å². The third kappa shape index (κ3) is 4.89. The summed E-state index contributed by atoms with van der Waals surface area (Å²) in [7, 11) is 0. The number of halogens is 4. The van der Waals surface area contributed by atoms with Crippen molar-refractivity contribution in [3.05, 3.63) is 113 Å². The third-order valence-corrected chi connectivity index (χ3v) is 7.33. The van der Waals surface area contributed by atoms with Crippen LogP contribution in [-0.2, 0) is 15.1 Å². The molecule has 218 valence electrons. The van der Waals surface area contributed by atoms with Gasteiger partial charge in [-0.2, -0.15) is 17.6 Å². The Labute approximate surface area is 242 Å². The van der Waals surface area contributed by atoms with Gasteiger partial charge >= 0.3 is 12.1 Å². The van der Waals surface area contributed by atoms with E-state index in [2.05, 4.69) is 11.1 Å². The van der Waals surface area contributed by atoms with Crippen molar-refractivity contribution in [2.75, 3.05) is 13.2 Å². The van der Waals surface area contributed by atoms with E-state index in [1.54, 1.807) is 18.3 Å². The number of carboxylic acids is 1. The molecule has 0 amide bonds. The fourth-order valence-electron chi connectivity index (χ4n) is 5.41. The Morgan fingerprint density at radius 3 is 2.42 bits per heavy atom. The van der Waals surface area contributed by atoms with Gasteiger partial charge in [-0.15, -0.1) is 0 Å². The van der Waals surface area contributed by atoms with Crippen molar-refractivity contribution in [1.29, 1.82) is 0 Å². The summed E-state index contributed by atoms with van der Waals surface area (Å²) in [6.07, 6.45) is 0.956. The average Bonchev–Trinajstić information content (AvgIpc) is 3.30. The molecule has 0 fully saturated rings. The zero-order chi connectivity index (χ0) is 30.4. The van der Waals surface area contributed by atoms with Crippen molar-refractivity contribution < 1.29 is 36.9 Å². The van der Waals surface area contributed by atoms with Gasteiger partial charge in [0.25, 0.3) is 0 Å². The number of benzene rings is 2. The average molecular weight is 591 g/mol. The van der Waals surface area contributed by atoms with Crippen LogP contribution in [0.15, 0.2) is 84.1 Å². The van der Waals surface area contributed by atoms with Gasteiger partial charge in [-0.3, -0.25) is 4.98 Å². The number of aliphatic imine (C=N–C) groups is 1. The highest BCUT2D eigenvalue weighted by Crippen LogP contribution is 2.56. The van der Waals surface area contributed by atoms with Crippen LogP contribution in [0, 0.1) is 5.95 Å². The SMILES string of the molecule is NC1=NC2(c3cc(-c4cccnc4F)ccc3Oc3cnc(C4=CCOCC4)cc32)c2ccccc21.O=C(O)C(F)(F)F. The lowest BCUT2D eigenvalue weighted by molar-refractivity contribution is -0.192. The molecule has 2 aromatic heterocycles. The van der Waals surface area contributed by atoms with Crippen molar-refractivity contribution in [2.24, 2.45) is 10.7 Å². The summed E-state index contributed by atoms with van der Waals surface area (Å²) in [6.45, 7) is 1.22. The van der Waals surface area contributed by atoms with Crippen LogP contribution in [0.5, 0.6) is 11.5 Å².